The number of rotatable bonds is 32. The predicted octanol–water partition coefficient (Wildman–Crippen LogP) is 9.62. The predicted molar refractivity (Wildman–Crippen MR) is 460 cm³/mol. The summed E-state index contributed by atoms with van der Waals surface area (Å²) >= 11 is 0. The summed E-state index contributed by atoms with van der Waals surface area (Å²) in [4.78, 5) is 182. The van der Waals surface area contributed by atoms with Crippen LogP contribution in [0.1, 0.15) is 131 Å². The first-order valence-electron chi connectivity index (χ1n) is 42.6. The Bertz CT molecular complexity index is 5270. The number of alkyl carbamates (subject to hydrolysis) is 2. The summed E-state index contributed by atoms with van der Waals surface area (Å²) in [6.07, 6.45) is -18.7. The number of carbonyl (C=O) groups excluding carboxylic acids is 14. The van der Waals surface area contributed by atoms with E-state index in [1.54, 1.807) is 0 Å². The number of likely N-dealkylation sites (tertiary alicyclic amines) is 2. The molecule has 700 valence electrons. The maximum atomic E-state index is 13.6. The van der Waals surface area contributed by atoms with Crippen molar-refractivity contribution in [2.75, 3.05) is 70.9 Å². The molecule has 38 heteroatoms. The van der Waals surface area contributed by atoms with Crippen LogP contribution in [-0.2, 0) is 139 Å². The molecule has 12 atom stereocenters. The van der Waals surface area contributed by atoms with Crippen LogP contribution >= 0.6 is 0 Å². The van der Waals surface area contributed by atoms with Crippen LogP contribution in [-0.4, -0.2) is 233 Å². The van der Waals surface area contributed by atoms with E-state index in [9.17, 15) is 72.2 Å². The number of amides is 6. The van der Waals surface area contributed by atoms with Gasteiger partial charge in [0.05, 0.1) is 32.2 Å². The van der Waals surface area contributed by atoms with E-state index in [4.69, 9.17) is 80.5 Å². The monoisotopic (exact) mass is 1830 g/mol. The summed E-state index contributed by atoms with van der Waals surface area (Å²) < 4.78 is 95.0. The van der Waals surface area contributed by atoms with Crippen molar-refractivity contribution in [3.05, 3.63) is 203 Å². The van der Waals surface area contributed by atoms with Crippen LogP contribution in [0, 0.1) is 0 Å². The highest BCUT2D eigenvalue weighted by molar-refractivity contribution is 5.94. The van der Waals surface area contributed by atoms with Gasteiger partial charge in [0.1, 0.15) is 50.4 Å². The molecule has 7 aromatic rings. The van der Waals surface area contributed by atoms with Gasteiger partial charge in [-0.15, -0.1) is 0 Å². The minimum atomic E-state index is -1.76. The Hall–Kier alpha value is -14.2. The van der Waals surface area contributed by atoms with Gasteiger partial charge < -0.3 is 107 Å². The molecule has 13 rings (SSSR count). The number of ether oxygens (including phenoxy) is 17. The summed E-state index contributed by atoms with van der Waals surface area (Å²) in [5.74, 6) is -9.24. The third kappa shape index (κ3) is 25.2. The van der Waals surface area contributed by atoms with E-state index in [1.807, 2.05) is 127 Å². The van der Waals surface area contributed by atoms with Gasteiger partial charge in [-0.2, -0.15) is 0 Å². The van der Waals surface area contributed by atoms with Crippen LogP contribution in [0.15, 0.2) is 164 Å². The Labute approximate surface area is 757 Å². The Balaban J connectivity index is 0.000000240. The summed E-state index contributed by atoms with van der Waals surface area (Å²) in [6, 6.07) is 50.1. The highest BCUT2D eigenvalue weighted by atomic mass is 16.8. The van der Waals surface area contributed by atoms with Gasteiger partial charge in [-0.1, -0.05) is 140 Å². The van der Waals surface area contributed by atoms with Crippen LogP contribution in [0.3, 0.4) is 0 Å². The number of benzene rings is 7. The minimum absolute atomic E-state index is 0.00563. The van der Waals surface area contributed by atoms with Gasteiger partial charge in [0.25, 0.3) is 0 Å². The lowest BCUT2D eigenvalue weighted by atomic mass is 9.97. The highest BCUT2D eigenvalue weighted by Crippen LogP contribution is 2.47. The molecule has 4 fully saturated rings. The second-order valence-corrected chi connectivity index (χ2v) is 31.2. The zero-order chi connectivity index (χ0) is 94.2. The Morgan fingerprint density at radius 1 is 0.409 bits per heavy atom. The first-order chi connectivity index (χ1) is 63.5. The maximum Gasteiger partial charge on any atom is 0.412 e. The SMILES string of the molecule is COC(=O)[C@H]1OC(Oc2ccc(COC(=O)N3CCCC3O)cc2NC(=O)CCNC(=O)OCC2c3ccccc3-c3ccccc32)[C@H](OC(C)=O)[C@@H](OC(C)=O)[C@@H]1OC(C)=O.COC(=O)[C@H]1OC(Oc2ccc(COC(=O)N3CCCC3OCCc3ccccc3)cc2NC(=O)CCNC(=O)OCC2c3ccccc3-c3ccccc32)[C@H](OC(C)=O)[C@@H](OC(C)=O)[C@@H]1OC(C)=O. The molecule has 2 aliphatic carbocycles. The fraction of sp³-hybridized carbons (Fsp3) is 0.404. The van der Waals surface area contributed by atoms with E-state index in [0.29, 0.717) is 56.5 Å². The quantitative estimate of drug-likeness (QED) is 0.0193. The van der Waals surface area contributed by atoms with Crippen LogP contribution in [0.5, 0.6) is 11.5 Å². The van der Waals surface area contributed by atoms with E-state index in [-0.39, 0.29) is 87.1 Å². The molecule has 38 nitrogen and oxygen atoms in total. The molecule has 4 saturated heterocycles. The van der Waals surface area contributed by atoms with Gasteiger partial charge >= 0.3 is 72.1 Å². The summed E-state index contributed by atoms with van der Waals surface area (Å²) in [7, 11) is 2.09. The van der Waals surface area contributed by atoms with Gasteiger partial charge in [0, 0.05) is 92.4 Å². The van der Waals surface area contributed by atoms with Crippen LogP contribution < -0.4 is 30.7 Å². The van der Waals surface area contributed by atoms with E-state index in [1.165, 1.54) is 46.2 Å². The summed E-state index contributed by atoms with van der Waals surface area (Å²) in [5, 5.41) is 20.7. The molecule has 0 saturated carbocycles. The molecule has 6 amide bonds. The molecular weight excluding hydrogens is 1730 g/mol. The number of aliphatic hydroxyl groups excluding tert-OH is 1. The van der Waals surface area contributed by atoms with Crippen LogP contribution in [0.25, 0.3) is 22.3 Å². The van der Waals surface area contributed by atoms with E-state index in [2.05, 4.69) is 21.3 Å². The summed E-state index contributed by atoms with van der Waals surface area (Å²) in [5.41, 5.74) is 10.3. The lowest BCUT2D eigenvalue weighted by Crippen LogP contribution is -2.64. The minimum Gasteiger partial charge on any atom is -0.467 e. The molecular formula is C94H102N6O32. The van der Waals surface area contributed by atoms with Gasteiger partial charge in [-0.3, -0.25) is 48.2 Å². The number of aliphatic hydroxyl groups is 1. The largest absolute Gasteiger partial charge is 0.467 e. The Morgan fingerprint density at radius 3 is 1.16 bits per heavy atom. The number of carbonyl (C=O) groups is 14. The maximum absolute atomic E-state index is 13.6. The molecule has 0 bridgehead atoms. The highest BCUT2D eigenvalue weighted by Gasteiger charge is 2.58. The standard InChI is InChI=1S/C51H55N3O16.C43H47N3O16/c1-30(55)66-44-45(67-31(2)56)47(68-32(3)57)49(70-46(44)48(59)62-4)69-41-21-20-34(28-65-51(61)54-25-12-19-43(54)63-26-23-33-13-6-5-7-14-33)27-40(41)53-42(58)22-24-52-50(60)64-29-39-37-17-10-8-15-35(37)36-16-9-11-18-38(36)39;1-23(47)58-36-37(59-24(2)48)39(60-25(3)49)41(62-38(36)40(52)55-4)61-33-16-15-26(21-57-43(54)46-19-9-14-35(46)51)20-32(33)45-34(50)17-18-44-42(53)56-22-31-29-12-7-5-10-27(29)28-11-6-8-13-30(28)31/h5-11,13-18,20-21,27,39,43-47,49H,12,19,22-26,28-29H2,1-4H3,(H,52,60)(H,53,58);5-8,10-13,15-16,20,31,35-39,41,51H,9,14,17-19,21-22H2,1-4H3,(H,44,53)(H,45,50)/t43?,44-,45-,46-,47+,49?;35?,36-,37-,38-,39+,41?/m00/s1. The van der Waals surface area contributed by atoms with Crippen LogP contribution in [0.2, 0.25) is 0 Å². The number of nitrogens with one attached hydrogen (secondary N) is 4. The van der Waals surface area contributed by atoms with E-state index in [0.717, 1.165) is 112 Å². The smallest absolute Gasteiger partial charge is 0.412 e. The number of anilines is 2. The molecule has 7 aromatic carbocycles. The van der Waals surface area contributed by atoms with Crippen molar-refractivity contribution >= 4 is 95.3 Å². The Kier molecular flexibility index (Phi) is 33.6. The number of fused-ring (bicyclic) bond motifs is 6. The normalized spacial score (nSPS) is 20.7. The average molecular weight is 1830 g/mol. The number of methoxy groups -OCH3 is 2. The molecule has 4 heterocycles. The van der Waals surface area contributed by atoms with Crippen molar-refractivity contribution in [2.45, 2.75) is 185 Å². The molecule has 4 unspecified atom stereocenters. The number of nitrogens with zero attached hydrogens (tertiary/aromatic N) is 2. The molecule has 4 aliphatic heterocycles. The fourth-order valence-electron chi connectivity index (χ4n) is 16.1. The average Bonchev–Trinajstić information content (AvgIpc) is 1.46. The number of hydrogen-bond donors (Lipinski definition) is 5. The lowest BCUT2D eigenvalue weighted by Gasteiger charge is -2.43. The van der Waals surface area contributed by atoms with Crippen molar-refractivity contribution in [1.82, 2.24) is 20.4 Å². The zero-order valence-electron chi connectivity index (χ0n) is 73.5. The first kappa shape index (κ1) is 96.8. The van der Waals surface area contributed by atoms with Crippen molar-refractivity contribution in [3.8, 4) is 33.8 Å². The number of hydrogen-bond acceptors (Lipinski definition) is 32. The second-order valence-electron chi connectivity index (χ2n) is 31.2. The fourth-order valence-corrected chi connectivity index (χ4v) is 16.1. The second kappa shape index (κ2) is 45.8. The topological polar surface area (TPSA) is 471 Å². The molecule has 132 heavy (non-hydrogen) atoms. The van der Waals surface area contributed by atoms with Crippen molar-refractivity contribution < 1.29 is 153 Å². The third-order valence-electron chi connectivity index (χ3n) is 21.9. The molecule has 5 N–H and O–H groups in total. The van der Waals surface area contributed by atoms with Gasteiger partial charge in [0.2, 0.25) is 36.6 Å². The van der Waals surface area contributed by atoms with E-state index < -0.39 is 158 Å². The first-order valence-corrected chi connectivity index (χ1v) is 42.6. The van der Waals surface area contributed by atoms with Gasteiger partial charge in [-0.05, 0) is 118 Å². The summed E-state index contributed by atoms with van der Waals surface area (Å²) in [6.45, 7) is 6.74. The Morgan fingerprint density at radius 2 is 0.773 bits per heavy atom. The molecule has 0 aromatic heterocycles. The third-order valence-corrected chi connectivity index (χ3v) is 21.9. The van der Waals surface area contributed by atoms with Gasteiger partial charge in [0.15, 0.2) is 36.6 Å². The van der Waals surface area contributed by atoms with E-state index >= 15 is 0 Å². The molecule has 0 spiro atoms. The van der Waals surface area contributed by atoms with Crippen molar-refractivity contribution in [3.63, 3.8) is 0 Å². The molecule has 0 radical (unpaired) electrons. The van der Waals surface area contributed by atoms with Crippen molar-refractivity contribution in [1.29, 1.82) is 0 Å². The number of esters is 8. The lowest BCUT2D eigenvalue weighted by molar-refractivity contribution is -0.282. The molecule has 6 aliphatic rings. The van der Waals surface area contributed by atoms with Crippen LogP contribution in [0.4, 0.5) is 30.6 Å². The van der Waals surface area contributed by atoms with Crippen molar-refractivity contribution in [2.24, 2.45) is 0 Å². The zero-order valence-corrected chi connectivity index (χ0v) is 73.5. The van der Waals surface area contributed by atoms with Gasteiger partial charge in [-0.25, -0.2) is 28.8 Å².